The maximum absolute atomic E-state index is 12.3. The lowest BCUT2D eigenvalue weighted by molar-refractivity contribution is -0.142. The van der Waals surface area contributed by atoms with Crippen LogP contribution in [0, 0.1) is 0 Å². The van der Waals surface area contributed by atoms with Gasteiger partial charge in [0, 0.05) is 26.3 Å². The molecule has 6 heteroatoms. The maximum atomic E-state index is 12.3. The number of esters is 1. The number of nitrogens with zero attached hydrogens (tertiary/aromatic N) is 1. The highest BCUT2D eigenvalue weighted by atomic mass is 16.5. The quantitative estimate of drug-likeness (QED) is 0.459. The summed E-state index contributed by atoms with van der Waals surface area (Å²) < 4.78 is 15.4. The van der Waals surface area contributed by atoms with Crippen molar-refractivity contribution in [1.82, 2.24) is 4.90 Å². The fourth-order valence-corrected chi connectivity index (χ4v) is 1.94. The molecule has 0 heterocycles. The zero-order chi connectivity index (χ0) is 16.9. The Labute approximate surface area is 137 Å². The van der Waals surface area contributed by atoms with Crippen LogP contribution in [0.4, 0.5) is 0 Å². The van der Waals surface area contributed by atoms with Gasteiger partial charge in [0.15, 0.2) is 6.61 Å². The first kappa shape index (κ1) is 19.0. The second kappa shape index (κ2) is 11.5. The molecule has 1 rings (SSSR count). The number of amides is 1. The van der Waals surface area contributed by atoms with E-state index < -0.39 is 0 Å². The van der Waals surface area contributed by atoms with E-state index in [0.717, 1.165) is 0 Å². The highest BCUT2D eigenvalue weighted by Crippen LogP contribution is 2.08. The molecule has 1 amide bonds. The van der Waals surface area contributed by atoms with Crippen molar-refractivity contribution < 1.29 is 23.8 Å². The lowest BCUT2D eigenvalue weighted by Gasteiger charge is -2.22. The molecule has 0 bridgehead atoms. The van der Waals surface area contributed by atoms with Crippen LogP contribution in [0.3, 0.4) is 0 Å². The molecule has 0 saturated heterocycles. The average Bonchev–Trinajstić information content (AvgIpc) is 2.59. The van der Waals surface area contributed by atoms with Crippen molar-refractivity contribution in [3.8, 4) is 5.75 Å². The van der Waals surface area contributed by atoms with Gasteiger partial charge in [0.25, 0.3) is 5.91 Å². The molecule has 6 nitrogen and oxygen atoms in total. The molecule has 0 aromatic heterocycles. The standard InChI is InChI=1S/C17H25NO5/c1-3-22-13-7-11-18(12-10-17(20)21-2)16(19)14-23-15-8-5-4-6-9-15/h4-6,8-9H,3,7,10-14H2,1-2H3. The Morgan fingerprint density at radius 3 is 2.52 bits per heavy atom. The van der Waals surface area contributed by atoms with E-state index >= 15 is 0 Å². The summed E-state index contributed by atoms with van der Waals surface area (Å²) in [5, 5.41) is 0. The predicted molar refractivity (Wildman–Crippen MR) is 86.3 cm³/mol. The molecule has 0 atom stereocenters. The lowest BCUT2D eigenvalue weighted by atomic mass is 10.3. The van der Waals surface area contributed by atoms with E-state index in [4.69, 9.17) is 9.47 Å². The SMILES string of the molecule is CCOCCCN(CCC(=O)OC)C(=O)COc1ccccc1. The summed E-state index contributed by atoms with van der Waals surface area (Å²) in [6.45, 7) is 3.93. The minimum atomic E-state index is -0.336. The van der Waals surface area contributed by atoms with Crippen molar-refractivity contribution in [2.45, 2.75) is 19.8 Å². The summed E-state index contributed by atoms with van der Waals surface area (Å²) in [6, 6.07) is 9.15. The van der Waals surface area contributed by atoms with Crippen LogP contribution in [-0.2, 0) is 19.1 Å². The zero-order valence-corrected chi connectivity index (χ0v) is 13.8. The summed E-state index contributed by atoms with van der Waals surface area (Å²) in [5.41, 5.74) is 0. The fourth-order valence-electron chi connectivity index (χ4n) is 1.94. The first-order valence-electron chi connectivity index (χ1n) is 7.77. The zero-order valence-electron chi connectivity index (χ0n) is 13.8. The average molecular weight is 323 g/mol. The molecule has 0 aliphatic rings. The first-order chi connectivity index (χ1) is 11.2. The molecule has 0 spiro atoms. The van der Waals surface area contributed by atoms with E-state index in [1.807, 2.05) is 25.1 Å². The summed E-state index contributed by atoms with van der Waals surface area (Å²) in [5.74, 6) is 0.147. The van der Waals surface area contributed by atoms with Gasteiger partial charge in [-0.2, -0.15) is 0 Å². The van der Waals surface area contributed by atoms with Gasteiger partial charge in [0.2, 0.25) is 0 Å². The number of para-hydroxylation sites is 1. The Balaban J connectivity index is 2.47. The third-order valence-electron chi connectivity index (χ3n) is 3.19. The van der Waals surface area contributed by atoms with E-state index in [0.29, 0.717) is 38.5 Å². The molecule has 0 saturated carbocycles. The van der Waals surface area contributed by atoms with Crippen LogP contribution in [0.25, 0.3) is 0 Å². The summed E-state index contributed by atoms with van der Waals surface area (Å²) >= 11 is 0. The number of rotatable bonds is 11. The van der Waals surface area contributed by atoms with Crippen molar-refractivity contribution >= 4 is 11.9 Å². The van der Waals surface area contributed by atoms with Crippen molar-refractivity contribution in [2.75, 3.05) is 40.0 Å². The van der Waals surface area contributed by atoms with Crippen molar-refractivity contribution in [3.63, 3.8) is 0 Å². The molecule has 0 aliphatic heterocycles. The van der Waals surface area contributed by atoms with E-state index in [1.165, 1.54) is 7.11 Å². The Morgan fingerprint density at radius 2 is 1.87 bits per heavy atom. The molecule has 0 radical (unpaired) electrons. The van der Waals surface area contributed by atoms with Crippen LogP contribution in [0.5, 0.6) is 5.75 Å². The normalized spacial score (nSPS) is 10.2. The van der Waals surface area contributed by atoms with Gasteiger partial charge in [0.05, 0.1) is 13.5 Å². The molecule has 0 aliphatic carbocycles. The second-order valence-corrected chi connectivity index (χ2v) is 4.86. The Hall–Kier alpha value is -2.08. The topological polar surface area (TPSA) is 65.1 Å². The van der Waals surface area contributed by atoms with E-state index in [1.54, 1.807) is 17.0 Å². The van der Waals surface area contributed by atoms with Gasteiger partial charge in [-0.25, -0.2) is 0 Å². The van der Waals surface area contributed by atoms with Crippen molar-refractivity contribution in [1.29, 1.82) is 0 Å². The number of ether oxygens (including phenoxy) is 3. The molecule has 0 fully saturated rings. The Morgan fingerprint density at radius 1 is 1.13 bits per heavy atom. The van der Waals surface area contributed by atoms with Gasteiger partial charge in [-0.1, -0.05) is 18.2 Å². The summed E-state index contributed by atoms with van der Waals surface area (Å²) in [6.07, 6.45) is 0.883. The Kier molecular flexibility index (Phi) is 9.47. The molecular formula is C17H25NO5. The smallest absolute Gasteiger partial charge is 0.307 e. The molecule has 128 valence electrons. The third kappa shape index (κ3) is 8.21. The van der Waals surface area contributed by atoms with Crippen LogP contribution in [0.15, 0.2) is 30.3 Å². The minimum Gasteiger partial charge on any atom is -0.484 e. The number of hydrogen-bond acceptors (Lipinski definition) is 5. The maximum Gasteiger partial charge on any atom is 0.307 e. The van der Waals surface area contributed by atoms with Gasteiger partial charge in [-0.15, -0.1) is 0 Å². The van der Waals surface area contributed by atoms with Gasteiger partial charge in [0.1, 0.15) is 5.75 Å². The highest BCUT2D eigenvalue weighted by Gasteiger charge is 2.15. The number of hydrogen-bond donors (Lipinski definition) is 0. The van der Waals surface area contributed by atoms with Gasteiger partial charge in [-0.3, -0.25) is 9.59 Å². The van der Waals surface area contributed by atoms with Crippen LogP contribution >= 0.6 is 0 Å². The van der Waals surface area contributed by atoms with E-state index in [2.05, 4.69) is 4.74 Å². The van der Waals surface area contributed by atoms with Crippen LogP contribution < -0.4 is 4.74 Å². The summed E-state index contributed by atoms with van der Waals surface area (Å²) in [4.78, 5) is 25.2. The number of carbonyl (C=O) groups is 2. The molecule has 23 heavy (non-hydrogen) atoms. The largest absolute Gasteiger partial charge is 0.484 e. The van der Waals surface area contributed by atoms with Crippen molar-refractivity contribution in [3.05, 3.63) is 30.3 Å². The lowest BCUT2D eigenvalue weighted by Crippen LogP contribution is -2.37. The molecule has 0 unspecified atom stereocenters. The monoisotopic (exact) mass is 323 g/mol. The number of benzene rings is 1. The van der Waals surface area contributed by atoms with E-state index in [9.17, 15) is 9.59 Å². The third-order valence-corrected chi connectivity index (χ3v) is 3.19. The second-order valence-electron chi connectivity index (χ2n) is 4.86. The summed E-state index contributed by atoms with van der Waals surface area (Å²) in [7, 11) is 1.34. The molecule has 0 N–H and O–H groups in total. The van der Waals surface area contributed by atoms with Crippen LogP contribution in [0.1, 0.15) is 19.8 Å². The van der Waals surface area contributed by atoms with Crippen LogP contribution in [0.2, 0.25) is 0 Å². The van der Waals surface area contributed by atoms with E-state index in [-0.39, 0.29) is 24.9 Å². The Bertz CT molecular complexity index is 463. The number of carbonyl (C=O) groups excluding carboxylic acids is 2. The van der Waals surface area contributed by atoms with Gasteiger partial charge < -0.3 is 19.1 Å². The highest BCUT2D eigenvalue weighted by molar-refractivity contribution is 5.78. The van der Waals surface area contributed by atoms with Gasteiger partial charge >= 0.3 is 5.97 Å². The van der Waals surface area contributed by atoms with Crippen molar-refractivity contribution in [2.24, 2.45) is 0 Å². The number of methoxy groups -OCH3 is 1. The minimum absolute atomic E-state index is 0.0557. The molecular weight excluding hydrogens is 298 g/mol. The van der Waals surface area contributed by atoms with Crippen LogP contribution in [-0.4, -0.2) is 56.8 Å². The first-order valence-corrected chi connectivity index (χ1v) is 7.77. The molecule has 1 aromatic rings. The molecule has 1 aromatic carbocycles. The predicted octanol–water partition coefficient (Wildman–Crippen LogP) is 1.88. The fraction of sp³-hybridized carbons (Fsp3) is 0.529. The van der Waals surface area contributed by atoms with Gasteiger partial charge in [-0.05, 0) is 25.5 Å².